The van der Waals surface area contributed by atoms with Crippen LogP contribution < -0.4 is 4.31 Å². The summed E-state index contributed by atoms with van der Waals surface area (Å²) in [7, 11) is -2.16. The number of hydrogen-bond donors (Lipinski definition) is 0. The number of rotatable bonds is 3. The number of sulfonamides is 1. The lowest BCUT2D eigenvalue weighted by molar-refractivity contribution is 0.593. The fraction of sp³-hybridized carbons (Fsp3) is 0.273. The zero-order valence-corrected chi connectivity index (χ0v) is 13.8. The van der Waals surface area contributed by atoms with E-state index in [1.807, 2.05) is 6.92 Å². The quantitative estimate of drug-likeness (QED) is 0.842. The van der Waals surface area contributed by atoms with E-state index in [-0.39, 0.29) is 4.90 Å². The van der Waals surface area contributed by atoms with Crippen molar-refractivity contribution in [2.45, 2.75) is 18.7 Å². The number of anilines is 1. The second-order valence-corrected chi connectivity index (χ2v) is 7.96. The number of nitrogens with zero attached hydrogens (tertiary/aromatic N) is 3. The van der Waals surface area contributed by atoms with Crippen molar-refractivity contribution < 1.29 is 8.42 Å². The molecule has 0 saturated carbocycles. The topological polar surface area (TPSA) is 63.2 Å². The van der Waals surface area contributed by atoms with Gasteiger partial charge in [-0.05, 0) is 47.5 Å². The van der Waals surface area contributed by atoms with E-state index >= 15 is 0 Å². The summed E-state index contributed by atoms with van der Waals surface area (Å²) < 4.78 is 26.7. The van der Waals surface area contributed by atoms with E-state index in [2.05, 4.69) is 26.1 Å². The lowest BCUT2D eigenvalue weighted by atomic mass is 10.2. The average Bonchev–Trinajstić information content (AvgIpc) is 2.74. The van der Waals surface area contributed by atoms with Gasteiger partial charge in [0.05, 0.1) is 0 Å². The summed E-state index contributed by atoms with van der Waals surface area (Å²) >= 11 is 4.53. The van der Waals surface area contributed by atoms with E-state index in [0.29, 0.717) is 9.60 Å². The lowest BCUT2D eigenvalue weighted by Crippen LogP contribution is -2.26. The van der Waals surface area contributed by atoms with Gasteiger partial charge in [0, 0.05) is 11.5 Å². The van der Waals surface area contributed by atoms with Gasteiger partial charge in [-0.3, -0.25) is 0 Å². The largest absolute Gasteiger partial charge is 0.267 e. The van der Waals surface area contributed by atoms with Crippen LogP contribution in [0.3, 0.4) is 0 Å². The second-order valence-electron chi connectivity index (χ2n) is 4.01. The van der Waals surface area contributed by atoms with E-state index in [1.54, 1.807) is 25.1 Å². The molecule has 0 N–H and O–H groups in total. The Morgan fingerprint density at radius 2 is 1.95 bits per heavy atom. The van der Waals surface area contributed by atoms with Crippen LogP contribution in [0, 0.1) is 13.8 Å². The van der Waals surface area contributed by atoms with Gasteiger partial charge < -0.3 is 0 Å². The Balaban J connectivity index is 2.47. The summed E-state index contributed by atoms with van der Waals surface area (Å²) in [6.45, 7) is 3.68. The molecule has 0 aliphatic rings. The Morgan fingerprint density at radius 3 is 2.47 bits per heavy atom. The Kier molecular flexibility index (Phi) is 3.93. The number of halogens is 1. The van der Waals surface area contributed by atoms with Crippen molar-refractivity contribution in [1.82, 2.24) is 10.2 Å². The summed E-state index contributed by atoms with van der Waals surface area (Å²) in [5.74, 6) is 0. The Labute approximate surface area is 124 Å². The van der Waals surface area contributed by atoms with Crippen molar-refractivity contribution in [3.63, 3.8) is 0 Å². The molecule has 19 heavy (non-hydrogen) atoms. The van der Waals surface area contributed by atoms with Crippen LogP contribution in [0.15, 0.2) is 27.6 Å². The molecule has 2 aromatic rings. The molecule has 0 spiro atoms. The molecule has 0 bridgehead atoms. The molecule has 0 unspecified atom stereocenters. The van der Waals surface area contributed by atoms with Gasteiger partial charge in [-0.15, -0.1) is 10.2 Å². The van der Waals surface area contributed by atoms with Crippen molar-refractivity contribution >= 4 is 42.4 Å². The number of aromatic nitrogens is 2. The van der Waals surface area contributed by atoms with Crippen LogP contribution in [0.25, 0.3) is 0 Å². The van der Waals surface area contributed by atoms with Gasteiger partial charge in [-0.2, -0.15) is 0 Å². The molecule has 0 fully saturated rings. The van der Waals surface area contributed by atoms with Crippen LogP contribution in [0.5, 0.6) is 0 Å². The molecular formula is C11H12BrN3O2S2. The molecule has 5 nitrogen and oxygen atoms in total. The van der Waals surface area contributed by atoms with Gasteiger partial charge in [0.15, 0.2) is 0 Å². The minimum atomic E-state index is -3.63. The highest BCUT2D eigenvalue weighted by Gasteiger charge is 2.26. The zero-order valence-electron chi connectivity index (χ0n) is 10.6. The predicted octanol–water partition coefficient (Wildman–Crippen LogP) is 2.74. The van der Waals surface area contributed by atoms with Crippen molar-refractivity contribution in [3.05, 3.63) is 33.2 Å². The highest BCUT2D eigenvalue weighted by molar-refractivity contribution is 9.10. The number of aryl methyl sites for hydroxylation is 2. The summed E-state index contributed by atoms with van der Waals surface area (Å²) in [6.07, 6.45) is 0. The fourth-order valence-corrected chi connectivity index (χ4v) is 4.63. The molecule has 0 atom stereocenters. The van der Waals surface area contributed by atoms with Crippen LogP contribution in [-0.4, -0.2) is 25.7 Å². The molecule has 0 aliphatic heterocycles. The van der Waals surface area contributed by atoms with Crippen molar-refractivity contribution in [2.75, 3.05) is 11.4 Å². The summed E-state index contributed by atoms with van der Waals surface area (Å²) in [6, 6.07) is 5.11. The van der Waals surface area contributed by atoms with Gasteiger partial charge in [0.25, 0.3) is 10.0 Å². The molecule has 2 rings (SSSR count). The Morgan fingerprint density at radius 1 is 1.26 bits per heavy atom. The molecule has 1 heterocycles. The zero-order chi connectivity index (χ0) is 14.2. The van der Waals surface area contributed by atoms with E-state index < -0.39 is 10.0 Å². The van der Waals surface area contributed by atoms with Crippen LogP contribution in [0.1, 0.15) is 10.6 Å². The third-order valence-electron chi connectivity index (χ3n) is 2.51. The minimum Gasteiger partial charge on any atom is -0.243 e. The van der Waals surface area contributed by atoms with E-state index in [9.17, 15) is 8.42 Å². The molecule has 1 aromatic heterocycles. The number of hydrogen-bond acceptors (Lipinski definition) is 5. The van der Waals surface area contributed by atoms with E-state index in [1.165, 1.54) is 18.4 Å². The smallest absolute Gasteiger partial charge is 0.243 e. The normalized spacial score (nSPS) is 11.6. The van der Waals surface area contributed by atoms with Gasteiger partial charge in [0.1, 0.15) is 9.90 Å². The summed E-state index contributed by atoms with van der Waals surface area (Å²) in [4.78, 5) is 0.216. The van der Waals surface area contributed by atoms with Gasteiger partial charge in [-0.25, -0.2) is 12.7 Å². The molecule has 0 aliphatic carbocycles. The SMILES string of the molecule is Cc1ccc(S(=O)(=O)N(C)c2nnc(C)s2)c(Br)c1. The predicted molar refractivity (Wildman–Crippen MR) is 79.1 cm³/mol. The maximum atomic E-state index is 12.5. The monoisotopic (exact) mass is 361 g/mol. The molecule has 0 amide bonds. The molecule has 0 radical (unpaired) electrons. The summed E-state index contributed by atoms with van der Waals surface area (Å²) in [5, 5.41) is 8.76. The second kappa shape index (κ2) is 5.18. The standard InChI is InChI=1S/C11H12BrN3O2S2/c1-7-4-5-10(9(12)6-7)19(16,17)15(3)11-14-13-8(2)18-11/h4-6H,1-3H3. The Hall–Kier alpha value is -0.990. The number of benzene rings is 1. The van der Waals surface area contributed by atoms with Gasteiger partial charge >= 0.3 is 0 Å². The summed E-state index contributed by atoms with van der Waals surface area (Å²) in [5.41, 5.74) is 0.986. The van der Waals surface area contributed by atoms with Crippen molar-refractivity contribution in [1.29, 1.82) is 0 Å². The van der Waals surface area contributed by atoms with Gasteiger partial charge in [0.2, 0.25) is 5.13 Å². The molecule has 0 saturated heterocycles. The minimum absolute atomic E-state index is 0.216. The lowest BCUT2D eigenvalue weighted by Gasteiger charge is -2.16. The average molecular weight is 362 g/mol. The molecule has 1 aromatic carbocycles. The molecular weight excluding hydrogens is 350 g/mol. The van der Waals surface area contributed by atoms with Crippen LogP contribution in [0.4, 0.5) is 5.13 Å². The van der Waals surface area contributed by atoms with Crippen LogP contribution in [0.2, 0.25) is 0 Å². The maximum absolute atomic E-state index is 12.5. The van der Waals surface area contributed by atoms with Crippen LogP contribution >= 0.6 is 27.3 Å². The fourth-order valence-electron chi connectivity index (χ4n) is 1.48. The van der Waals surface area contributed by atoms with Gasteiger partial charge in [-0.1, -0.05) is 17.4 Å². The highest BCUT2D eigenvalue weighted by Crippen LogP contribution is 2.29. The molecule has 102 valence electrons. The first kappa shape index (κ1) is 14.4. The molecule has 8 heteroatoms. The third-order valence-corrected chi connectivity index (χ3v) is 6.27. The first-order valence-corrected chi connectivity index (χ1v) is 8.42. The Bertz CT molecular complexity index is 712. The maximum Gasteiger partial charge on any atom is 0.267 e. The van der Waals surface area contributed by atoms with E-state index in [4.69, 9.17) is 0 Å². The van der Waals surface area contributed by atoms with Crippen molar-refractivity contribution in [3.8, 4) is 0 Å². The van der Waals surface area contributed by atoms with E-state index in [0.717, 1.165) is 14.9 Å². The van der Waals surface area contributed by atoms with Crippen molar-refractivity contribution in [2.24, 2.45) is 0 Å². The van der Waals surface area contributed by atoms with Crippen LogP contribution in [-0.2, 0) is 10.0 Å². The first-order chi connectivity index (χ1) is 8.82. The highest BCUT2D eigenvalue weighted by atomic mass is 79.9. The third kappa shape index (κ3) is 2.80. The first-order valence-electron chi connectivity index (χ1n) is 5.37.